The molecule has 9 heteroatoms. The summed E-state index contributed by atoms with van der Waals surface area (Å²) in [4.78, 5) is 33.4. The van der Waals surface area contributed by atoms with Gasteiger partial charge in [0.1, 0.15) is 5.82 Å². The Labute approximate surface area is 165 Å². The molecular weight excluding hydrogens is 383 g/mol. The average molecular weight is 402 g/mol. The van der Waals surface area contributed by atoms with E-state index in [4.69, 9.17) is 4.74 Å². The first-order valence-electron chi connectivity index (χ1n) is 8.56. The van der Waals surface area contributed by atoms with Crippen LogP contribution in [0.3, 0.4) is 0 Å². The lowest BCUT2D eigenvalue weighted by molar-refractivity contribution is -0.145. The van der Waals surface area contributed by atoms with Crippen molar-refractivity contribution in [3.05, 3.63) is 52.6 Å². The topological polar surface area (TPSA) is 86.5 Å². The second-order valence-electron chi connectivity index (χ2n) is 6.25. The fourth-order valence-corrected chi connectivity index (χ4v) is 3.15. The molecule has 1 atom stereocenters. The highest BCUT2D eigenvalue weighted by atomic mass is 32.2. The van der Waals surface area contributed by atoms with E-state index in [1.54, 1.807) is 11.4 Å². The molecule has 0 aliphatic carbocycles. The van der Waals surface area contributed by atoms with E-state index in [0.717, 1.165) is 5.69 Å². The Balaban J connectivity index is 1.75. The van der Waals surface area contributed by atoms with Crippen LogP contribution in [0, 0.1) is 19.7 Å². The SMILES string of the molecule is CSc1nc2nc(C)c(CC(=O)O[C@H](C)C(=O)c3ccc(F)cc3)c(C)n2n1. The summed E-state index contributed by atoms with van der Waals surface area (Å²) in [7, 11) is 0. The van der Waals surface area contributed by atoms with Gasteiger partial charge in [0.15, 0.2) is 6.10 Å². The molecule has 3 aromatic rings. The summed E-state index contributed by atoms with van der Waals surface area (Å²) in [5.74, 6) is -0.916. The highest BCUT2D eigenvalue weighted by Gasteiger charge is 2.22. The summed E-state index contributed by atoms with van der Waals surface area (Å²) in [6.07, 6.45) is 0.843. The number of hydrogen-bond donors (Lipinski definition) is 0. The van der Waals surface area contributed by atoms with Crippen LogP contribution < -0.4 is 0 Å². The number of ether oxygens (including phenoxy) is 1. The molecule has 0 aliphatic rings. The highest BCUT2D eigenvalue weighted by molar-refractivity contribution is 7.98. The van der Waals surface area contributed by atoms with Gasteiger partial charge in [0.25, 0.3) is 5.78 Å². The monoisotopic (exact) mass is 402 g/mol. The van der Waals surface area contributed by atoms with Crippen LogP contribution in [0.15, 0.2) is 29.4 Å². The molecule has 0 fully saturated rings. The van der Waals surface area contributed by atoms with Crippen molar-refractivity contribution < 1.29 is 18.7 Å². The van der Waals surface area contributed by atoms with Gasteiger partial charge >= 0.3 is 5.97 Å². The lowest BCUT2D eigenvalue weighted by Gasteiger charge is -2.14. The minimum absolute atomic E-state index is 0.0455. The molecule has 0 saturated heterocycles. The van der Waals surface area contributed by atoms with Crippen LogP contribution in [0.25, 0.3) is 5.78 Å². The van der Waals surface area contributed by atoms with Crippen molar-refractivity contribution >= 4 is 29.3 Å². The smallest absolute Gasteiger partial charge is 0.311 e. The predicted molar refractivity (Wildman–Crippen MR) is 102 cm³/mol. The fourth-order valence-electron chi connectivity index (χ4n) is 2.82. The van der Waals surface area contributed by atoms with Gasteiger partial charge < -0.3 is 4.74 Å². The number of ketones is 1. The Morgan fingerprint density at radius 2 is 1.89 bits per heavy atom. The standard InChI is InChI=1S/C19H19FN4O3S/c1-10-15(11(2)24-18(21-10)22-19(23-24)28-4)9-16(25)27-12(3)17(26)13-5-7-14(20)8-6-13/h5-8,12H,9H2,1-4H3/t12-/m1/s1. The van der Waals surface area contributed by atoms with Gasteiger partial charge in [0, 0.05) is 22.5 Å². The van der Waals surface area contributed by atoms with Gasteiger partial charge in [0.2, 0.25) is 10.9 Å². The first kappa shape index (κ1) is 19.9. The number of aromatic nitrogens is 4. The van der Waals surface area contributed by atoms with Gasteiger partial charge in [-0.2, -0.15) is 4.98 Å². The normalized spacial score (nSPS) is 12.2. The number of fused-ring (bicyclic) bond motifs is 1. The molecule has 0 aliphatic heterocycles. The highest BCUT2D eigenvalue weighted by Crippen LogP contribution is 2.18. The number of carbonyl (C=O) groups excluding carboxylic acids is 2. The van der Waals surface area contributed by atoms with E-state index >= 15 is 0 Å². The van der Waals surface area contributed by atoms with E-state index in [0.29, 0.717) is 22.2 Å². The van der Waals surface area contributed by atoms with Gasteiger partial charge in [-0.05, 0) is 51.3 Å². The summed E-state index contributed by atoms with van der Waals surface area (Å²) >= 11 is 1.40. The van der Waals surface area contributed by atoms with E-state index < -0.39 is 23.7 Å². The van der Waals surface area contributed by atoms with Crippen molar-refractivity contribution in [3.8, 4) is 0 Å². The van der Waals surface area contributed by atoms with Gasteiger partial charge in [-0.15, -0.1) is 5.10 Å². The lowest BCUT2D eigenvalue weighted by Crippen LogP contribution is -2.26. The molecule has 2 heterocycles. The number of thioether (sulfide) groups is 1. The number of benzene rings is 1. The molecular formula is C19H19FN4O3S. The third-order valence-electron chi connectivity index (χ3n) is 4.34. The number of nitrogens with zero attached hydrogens (tertiary/aromatic N) is 4. The minimum atomic E-state index is -0.982. The Morgan fingerprint density at radius 1 is 1.21 bits per heavy atom. The molecule has 28 heavy (non-hydrogen) atoms. The van der Waals surface area contributed by atoms with Crippen molar-refractivity contribution in [2.45, 2.75) is 38.5 Å². The number of aryl methyl sites for hydroxylation is 2. The molecule has 0 saturated carbocycles. The Bertz CT molecular complexity index is 1050. The molecule has 0 N–H and O–H groups in total. The van der Waals surface area contributed by atoms with Crippen LogP contribution in [0.4, 0.5) is 4.39 Å². The van der Waals surface area contributed by atoms with Crippen LogP contribution in [-0.4, -0.2) is 43.7 Å². The van der Waals surface area contributed by atoms with Gasteiger partial charge in [-0.3, -0.25) is 9.59 Å². The summed E-state index contributed by atoms with van der Waals surface area (Å²) in [5, 5.41) is 4.94. The lowest BCUT2D eigenvalue weighted by atomic mass is 10.1. The van der Waals surface area contributed by atoms with Crippen LogP contribution >= 0.6 is 11.8 Å². The van der Waals surface area contributed by atoms with Crippen molar-refractivity contribution in [1.29, 1.82) is 0 Å². The Kier molecular flexibility index (Phi) is 5.73. The molecule has 0 radical (unpaired) electrons. The van der Waals surface area contributed by atoms with Crippen LogP contribution in [-0.2, 0) is 16.0 Å². The summed E-state index contributed by atoms with van der Waals surface area (Å²) in [5.41, 5.74) is 2.35. The maximum atomic E-state index is 13.0. The number of carbonyl (C=O) groups is 2. The zero-order valence-electron chi connectivity index (χ0n) is 15.9. The zero-order valence-corrected chi connectivity index (χ0v) is 16.7. The number of halogens is 1. The van der Waals surface area contributed by atoms with E-state index in [-0.39, 0.29) is 12.0 Å². The minimum Gasteiger partial charge on any atom is -0.454 e. The van der Waals surface area contributed by atoms with Crippen molar-refractivity contribution in [1.82, 2.24) is 19.6 Å². The molecule has 2 aromatic heterocycles. The first-order valence-corrected chi connectivity index (χ1v) is 9.78. The number of esters is 1. The molecule has 7 nitrogen and oxygen atoms in total. The maximum absolute atomic E-state index is 13.0. The molecule has 146 valence electrons. The van der Waals surface area contributed by atoms with Crippen molar-refractivity contribution in [2.24, 2.45) is 0 Å². The molecule has 0 unspecified atom stereocenters. The summed E-state index contributed by atoms with van der Waals surface area (Å²) in [6.45, 7) is 5.11. The molecule has 1 aromatic carbocycles. The van der Waals surface area contributed by atoms with Crippen LogP contribution in [0.1, 0.15) is 34.2 Å². The van der Waals surface area contributed by atoms with E-state index in [2.05, 4.69) is 15.1 Å². The van der Waals surface area contributed by atoms with Gasteiger partial charge in [-0.1, -0.05) is 11.8 Å². The van der Waals surface area contributed by atoms with Crippen LogP contribution in [0.2, 0.25) is 0 Å². The summed E-state index contributed by atoms with van der Waals surface area (Å²) < 4.78 is 19.9. The third kappa shape index (κ3) is 4.04. The average Bonchev–Trinajstić information content (AvgIpc) is 3.08. The first-order chi connectivity index (χ1) is 13.3. The molecule has 0 bridgehead atoms. The quantitative estimate of drug-likeness (QED) is 0.356. The number of rotatable bonds is 6. The van der Waals surface area contributed by atoms with Crippen molar-refractivity contribution in [2.75, 3.05) is 6.26 Å². The Morgan fingerprint density at radius 3 is 2.54 bits per heavy atom. The number of hydrogen-bond acceptors (Lipinski definition) is 7. The fraction of sp³-hybridized carbons (Fsp3) is 0.316. The predicted octanol–water partition coefficient (Wildman–Crippen LogP) is 2.96. The van der Waals surface area contributed by atoms with Gasteiger partial charge in [-0.25, -0.2) is 13.9 Å². The zero-order chi connectivity index (χ0) is 20.4. The Hall–Kier alpha value is -2.81. The number of Topliss-reactive ketones (excluding diaryl/α,β-unsaturated/α-hetero) is 1. The van der Waals surface area contributed by atoms with E-state index in [1.165, 1.54) is 43.0 Å². The molecule has 3 rings (SSSR count). The maximum Gasteiger partial charge on any atom is 0.311 e. The summed E-state index contributed by atoms with van der Waals surface area (Å²) in [6, 6.07) is 5.11. The van der Waals surface area contributed by atoms with E-state index in [9.17, 15) is 14.0 Å². The van der Waals surface area contributed by atoms with Crippen molar-refractivity contribution in [3.63, 3.8) is 0 Å². The van der Waals surface area contributed by atoms with Crippen LogP contribution in [0.5, 0.6) is 0 Å². The molecule has 0 amide bonds. The second kappa shape index (κ2) is 8.05. The largest absolute Gasteiger partial charge is 0.454 e. The van der Waals surface area contributed by atoms with Gasteiger partial charge in [0.05, 0.1) is 6.42 Å². The third-order valence-corrected chi connectivity index (χ3v) is 4.88. The second-order valence-corrected chi connectivity index (χ2v) is 7.02. The molecule has 0 spiro atoms. The van der Waals surface area contributed by atoms with E-state index in [1.807, 2.05) is 13.2 Å².